The van der Waals surface area contributed by atoms with Gasteiger partial charge >= 0.3 is 0 Å². The summed E-state index contributed by atoms with van der Waals surface area (Å²) < 4.78 is 13.4. The van der Waals surface area contributed by atoms with Crippen LogP contribution in [0.15, 0.2) is 43.1 Å². The summed E-state index contributed by atoms with van der Waals surface area (Å²) in [6, 6.07) is 6.09. The van der Waals surface area contributed by atoms with Gasteiger partial charge in [-0.2, -0.15) is 4.39 Å². The van der Waals surface area contributed by atoms with Gasteiger partial charge in [0.1, 0.15) is 12.1 Å². The van der Waals surface area contributed by atoms with E-state index in [0.29, 0.717) is 12.1 Å². The molecule has 24 heavy (non-hydrogen) atoms. The lowest BCUT2D eigenvalue weighted by atomic mass is 9.86. The lowest BCUT2D eigenvalue weighted by Gasteiger charge is -2.57. The Morgan fingerprint density at radius 2 is 1.92 bits per heavy atom. The number of halogens is 1. The number of hydrogen-bond acceptors (Lipinski definition) is 6. The maximum Gasteiger partial charge on any atom is 0.214 e. The molecule has 0 aliphatic carbocycles. The van der Waals surface area contributed by atoms with Gasteiger partial charge in [0.05, 0.1) is 23.8 Å². The summed E-state index contributed by atoms with van der Waals surface area (Å²) in [5.41, 5.74) is 1.76. The Morgan fingerprint density at radius 3 is 2.75 bits per heavy atom. The standard InChI is InChI=1S/C17H15FN6/c18-16-6-11(1-4-20-16)23-8-12-5-13(9-23)24(12)17-14-2-3-19-7-15(14)21-10-22-17/h1-4,6-7,10,12-13H,5,8-9H2. The highest BCUT2D eigenvalue weighted by molar-refractivity contribution is 5.89. The number of aromatic nitrogens is 4. The van der Waals surface area contributed by atoms with Gasteiger partial charge in [0.25, 0.3) is 0 Å². The molecule has 3 aromatic rings. The number of piperazine rings is 1. The van der Waals surface area contributed by atoms with Crippen LogP contribution in [0.2, 0.25) is 0 Å². The molecule has 2 atom stereocenters. The molecule has 0 N–H and O–H groups in total. The van der Waals surface area contributed by atoms with Crippen molar-refractivity contribution >= 4 is 22.4 Å². The van der Waals surface area contributed by atoms with Crippen molar-refractivity contribution < 1.29 is 4.39 Å². The summed E-state index contributed by atoms with van der Waals surface area (Å²) in [6.45, 7) is 1.72. The van der Waals surface area contributed by atoms with Gasteiger partial charge < -0.3 is 9.80 Å². The first-order valence-corrected chi connectivity index (χ1v) is 7.99. The summed E-state index contributed by atoms with van der Waals surface area (Å²) in [5.74, 6) is 0.544. The molecule has 3 saturated heterocycles. The van der Waals surface area contributed by atoms with E-state index < -0.39 is 5.95 Å². The highest BCUT2D eigenvalue weighted by Gasteiger charge is 2.45. The molecule has 2 unspecified atom stereocenters. The summed E-state index contributed by atoms with van der Waals surface area (Å²) in [4.78, 5) is 21.2. The minimum Gasteiger partial charge on any atom is -0.367 e. The zero-order valence-corrected chi connectivity index (χ0v) is 12.9. The van der Waals surface area contributed by atoms with E-state index in [2.05, 4.69) is 29.7 Å². The first-order valence-electron chi connectivity index (χ1n) is 7.99. The fourth-order valence-corrected chi connectivity index (χ4v) is 3.85. The molecule has 3 aliphatic heterocycles. The Balaban J connectivity index is 1.45. The molecule has 0 aromatic carbocycles. The summed E-state index contributed by atoms with van der Waals surface area (Å²) >= 11 is 0. The van der Waals surface area contributed by atoms with Crippen LogP contribution < -0.4 is 9.80 Å². The molecule has 0 saturated carbocycles. The summed E-state index contributed by atoms with van der Waals surface area (Å²) in [7, 11) is 0. The molecule has 120 valence electrons. The molecule has 0 amide bonds. The van der Waals surface area contributed by atoms with Crippen LogP contribution in [0.25, 0.3) is 10.9 Å². The van der Waals surface area contributed by atoms with E-state index in [1.54, 1.807) is 18.7 Å². The molecule has 0 spiro atoms. The van der Waals surface area contributed by atoms with Crippen LogP contribution in [-0.2, 0) is 0 Å². The van der Waals surface area contributed by atoms with Gasteiger partial charge in [0.15, 0.2) is 0 Å². The third-order valence-electron chi connectivity index (χ3n) is 4.93. The van der Waals surface area contributed by atoms with Gasteiger partial charge in [-0.3, -0.25) is 4.98 Å². The van der Waals surface area contributed by atoms with Crippen LogP contribution in [0, 0.1) is 5.95 Å². The van der Waals surface area contributed by atoms with Crippen molar-refractivity contribution in [1.29, 1.82) is 0 Å². The van der Waals surface area contributed by atoms with E-state index in [-0.39, 0.29) is 0 Å². The molecule has 6 heterocycles. The van der Waals surface area contributed by atoms with Gasteiger partial charge in [-0.1, -0.05) is 0 Å². The molecule has 3 aromatic heterocycles. The summed E-state index contributed by atoms with van der Waals surface area (Å²) in [6.07, 6.45) is 7.80. The third kappa shape index (κ3) is 2.01. The molecule has 0 radical (unpaired) electrons. The van der Waals surface area contributed by atoms with E-state index in [1.807, 2.05) is 12.1 Å². The van der Waals surface area contributed by atoms with Gasteiger partial charge in [0, 0.05) is 42.6 Å². The van der Waals surface area contributed by atoms with Gasteiger partial charge in [-0.25, -0.2) is 15.0 Å². The number of piperidine rings is 1. The van der Waals surface area contributed by atoms with E-state index in [9.17, 15) is 4.39 Å². The SMILES string of the molecule is Fc1cc(N2CC3CC(C2)N3c2ncnc3cnccc23)ccn1. The van der Waals surface area contributed by atoms with Crippen LogP contribution in [0.1, 0.15) is 6.42 Å². The average Bonchev–Trinajstić information content (AvgIpc) is 2.62. The molecular formula is C17H15FN6. The van der Waals surface area contributed by atoms with Crippen LogP contribution in [-0.4, -0.2) is 45.1 Å². The first kappa shape index (κ1) is 13.6. The molecule has 3 aliphatic rings. The lowest BCUT2D eigenvalue weighted by Crippen LogP contribution is -2.69. The number of nitrogens with zero attached hydrogens (tertiary/aromatic N) is 6. The number of hydrogen-bond donors (Lipinski definition) is 0. The summed E-state index contributed by atoms with van der Waals surface area (Å²) in [5, 5.41) is 1.03. The van der Waals surface area contributed by atoms with Crippen molar-refractivity contribution in [1.82, 2.24) is 19.9 Å². The normalized spacial score (nSPS) is 22.5. The molecular weight excluding hydrogens is 307 g/mol. The smallest absolute Gasteiger partial charge is 0.214 e. The quantitative estimate of drug-likeness (QED) is 0.673. The minimum atomic E-state index is -0.433. The Morgan fingerprint density at radius 1 is 1.04 bits per heavy atom. The van der Waals surface area contributed by atoms with Crippen molar-refractivity contribution in [2.45, 2.75) is 18.5 Å². The van der Waals surface area contributed by atoms with E-state index >= 15 is 0 Å². The van der Waals surface area contributed by atoms with Gasteiger partial charge in [0.2, 0.25) is 5.95 Å². The Bertz CT molecular complexity index is 899. The zero-order valence-electron chi connectivity index (χ0n) is 12.9. The third-order valence-corrected chi connectivity index (χ3v) is 4.93. The van der Waals surface area contributed by atoms with Gasteiger partial charge in [-0.05, 0) is 18.6 Å². The van der Waals surface area contributed by atoms with Crippen LogP contribution in [0.5, 0.6) is 0 Å². The molecule has 6 rings (SSSR count). The van der Waals surface area contributed by atoms with E-state index in [0.717, 1.165) is 41.9 Å². The molecule has 6 nitrogen and oxygen atoms in total. The van der Waals surface area contributed by atoms with Crippen LogP contribution >= 0.6 is 0 Å². The molecule has 2 bridgehead atoms. The fraction of sp³-hybridized carbons (Fsp3) is 0.294. The predicted octanol–water partition coefficient (Wildman–Crippen LogP) is 2.03. The first-order chi connectivity index (χ1) is 11.8. The van der Waals surface area contributed by atoms with Crippen molar-refractivity contribution in [3.05, 3.63) is 49.1 Å². The average molecular weight is 322 g/mol. The fourth-order valence-electron chi connectivity index (χ4n) is 3.85. The van der Waals surface area contributed by atoms with Crippen LogP contribution in [0.3, 0.4) is 0 Å². The highest BCUT2D eigenvalue weighted by atomic mass is 19.1. The monoisotopic (exact) mass is 322 g/mol. The minimum absolute atomic E-state index is 0.381. The van der Waals surface area contributed by atoms with E-state index in [4.69, 9.17) is 0 Å². The molecule has 7 heteroatoms. The predicted molar refractivity (Wildman–Crippen MR) is 88.4 cm³/mol. The number of anilines is 2. The van der Waals surface area contributed by atoms with E-state index in [1.165, 1.54) is 12.3 Å². The van der Waals surface area contributed by atoms with Crippen molar-refractivity contribution in [2.75, 3.05) is 22.9 Å². The van der Waals surface area contributed by atoms with Gasteiger partial charge in [-0.15, -0.1) is 0 Å². The van der Waals surface area contributed by atoms with Crippen molar-refractivity contribution in [2.24, 2.45) is 0 Å². The van der Waals surface area contributed by atoms with Crippen LogP contribution in [0.4, 0.5) is 15.9 Å². The zero-order chi connectivity index (χ0) is 16.1. The maximum absolute atomic E-state index is 13.4. The van der Waals surface area contributed by atoms with Crippen molar-refractivity contribution in [3.8, 4) is 0 Å². The Labute approximate surface area is 138 Å². The largest absolute Gasteiger partial charge is 0.367 e. The number of pyridine rings is 2. The number of rotatable bonds is 2. The second-order valence-corrected chi connectivity index (χ2v) is 6.28. The van der Waals surface area contributed by atoms with Crippen molar-refractivity contribution in [3.63, 3.8) is 0 Å². The lowest BCUT2D eigenvalue weighted by molar-refractivity contribution is 0.289. The molecule has 3 fully saturated rings. The Kier molecular flexibility index (Phi) is 2.88. The topological polar surface area (TPSA) is 58.0 Å². The second kappa shape index (κ2) is 5.09. The number of fused-ring (bicyclic) bond motifs is 3. The Hall–Kier alpha value is -2.83. The highest BCUT2D eigenvalue weighted by Crippen LogP contribution is 2.39. The maximum atomic E-state index is 13.4. The second-order valence-electron chi connectivity index (χ2n) is 6.28.